The molecular formula is C12H16BrF3N2OS. The molecule has 0 aliphatic rings. The molecule has 0 saturated carbocycles. The van der Waals surface area contributed by atoms with Gasteiger partial charge in [0.05, 0.1) is 11.1 Å². The highest BCUT2D eigenvalue weighted by Gasteiger charge is 2.27. The van der Waals surface area contributed by atoms with Gasteiger partial charge in [0.15, 0.2) is 0 Å². The Morgan fingerprint density at radius 2 is 2.05 bits per heavy atom. The molecule has 0 radical (unpaired) electrons. The van der Waals surface area contributed by atoms with Crippen LogP contribution in [0.25, 0.3) is 0 Å². The molecule has 1 N–H and O–H groups in total. The minimum absolute atomic E-state index is 0.0550. The summed E-state index contributed by atoms with van der Waals surface area (Å²) in [5.74, 6) is 0.963. The first-order chi connectivity index (χ1) is 9.19. The Kier molecular flexibility index (Phi) is 6.60. The summed E-state index contributed by atoms with van der Waals surface area (Å²) in [5.41, 5.74) is 0.908. The van der Waals surface area contributed by atoms with Crippen LogP contribution in [0, 0.1) is 10.6 Å². The van der Waals surface area contributed by atoms with Crippen molar-refractivity contribution < 1.29 is 17.9 Å². The fourth-order valence-electron chi connectivity index (χ4n) is 1.58. The summed E-state index contributed by atoms with van der Waals surface area (Å²) in [7, 11) is 0. The normalized spacial score (nSPS) is 12.2. The van der Waals surface area contributed by atoms with Crippen LogP contribution in [0.3, 0.4) is 0 Å². The molecule has 3 nitrogen and oxygen atoms in total. The van der Waals surface area contributed by atoms with E-state index < -0.39 is 12.8 Å². The molecule has 1 aromatic rings. The standard InChI is InChI=1S/C12H16BrF3N2OS/c1-7(2)5-8-10(13)11(20)18-9(17-8)3-4-19-6-12(14,15)16/h7H,3-6H2,1-2H3,(H,17,18,20). The van der Waals surface area contributed by atoms with Gasteiger partial charge in [0.1, 0.15) is 17.1 Å². The zero-order valence-electron chi connectivity index (χ0n) is 11.2. The van der Waals surface area contributed by atoms with Crippen LogP contribution in [0.4, 0.5) is 13.2 Å². The molecule has 0 spiro atoms. The molecule has 0 aromatic carbocycles. The molecule has 0 fully saturated rings. The summed E-state index contributed by atoms with van der Waals surface area (Å²) in [4.78, 5) is 7.22. The molecule has 20 heavy (non-hydrogen) atoms. The number of alkyl halides is 3. The van der Waals surface area contributed by atoms with E-state index in [0.717, 1.165) is 16.6 Å². The van der Waals surface area contributed by atoms with Crippen LogP contribution in [0.2, 0.25) is 0 Å². The molecule has 0 unspecified atom stereocenters. The molecule has 0 aliphatic carbocycles. The third kappa shape index (κ3) is 6.32. The molecule has 1 aromatic heterocycles. The lowest BCUT2D eigenvalue weighted by atomic mass is 10.1. The number of hydrogen-bond donors (Lipinski definition) is 1. The van der Waals surface area contributed by atoms with Crippen LogP contribution >= 0.6 is 28.1 Å². The molecule has 0 aliphatic heterocycles. The van der Waals surface area contributed by atoms with Gasteiger partial charge >= 0.3 is 6.18 Å². The molecule has 0 bridgehead atoms. The number of ether oxygens (including phenoxy) is 1. The van der Waals surface area contributed by atoms with Gasteiger partial charge in [0, 0.05) is 12.1 Å². The summed E-state index contributed by atoms with van der Waals surface area (Å²) < 4.78 is 41.5. The fraction of sp³-hybridized carbons (Fsp3) is 0.667. The molecular weight excluding hydrogens is 357 g/mol. The van der Waals surface area contributed by atoms with Gasteiger partial charge in [-0.1, -0.05) is 26.1 Å². The number of nitrogens with one attached hydrogen (secondary N) is 1. The van der Waals surface area contributed by atoms with E-state index in [1.165, 1.54) is 0 Å². The van der Waals surface area contributed by atoms with Crippen molar-refractivity contribution in [1.29, 1.82) is 0 Å². The second-order valence-electron chi connectivity index (χ2n) is 4.80. The van der Waals surface area contributed by atoms with Crippen molar-refractivity contribution in [2.75, 3.05) is 13.2 Å². The van der Waals surface area contributed by atoms with Crippen LogP contribution in [0.15, 0.2) is 4.47 Å². The minimum Gasteiger partial charge on any atom is -0.372 e. The largest absolute Gasteiger partial charge is 0.411 e. The summed E-state index contributed by atoms with van der Waals surface area (Å²) in [6, 6.07) is 0. The quantitative estimate of drug-likeness (QED) is 0.599. The Hall–Kier alpha value is -0.470. The predicted molar refractivity (Wildman–Crippen MR) is 76.2 cm³/mol. The Bertz CT molecular complexity index is 502. The van der Waals surface area contributed by atoms with Crippen LogP contribution in [0.5, 0.6) is 0 Å². The number of halogens is 4. The van der Waals surface area contributed by atoms with Crippen molar-refractivity contribution in [2.24, 2.45) is 5.92 Å². The van der Waals surface area contributed by atoms with Gasteiger partial charge in [-0.3, -0.25) is 0 Å². The average molecular weight is 373 g/mol. The summed E-state index contributed by atoms with van der Waals surface area (Å²) in [5, 5.41) is 0. The van der Waals surface area contributed by atoms with E-state index in [0.29, 0.717) is 16.4 Å². The lowest BCUT2D eigenvalue weighted by Crippen LogP contribution is -2.18. The lowest BCUT2D eigenvalue weighted by Gasteiger charge is -2.11. The van der Waals surface area contributed by atoms with E-state index in [4.69, 9.17) is 12.2 Å². The zero-order valence-corrected chi connectivity index (χ0v) is 13.6. The molecule has 0 amide bonds. The first-order valence-electron chi connectivity index (χ1n) is 6.11. The van der Waals surface area contributed by atoms with Crippen molar-refractivity contribution in [3.63, 3.8) is 0 Å². The second-order valence-corrected chi connectivity index (χ2v) is 5.98. The third-order valence-corrected chi connectivity index (χ3v) is 3.76. The Morgan fingerprint density at radius 3 is 2.60 bits per heavy atom. The van der Waals surface area contributed by atoms with Crippen molar-refractivity contribution in [3.8, 4) is 0 Å². The Labute approximate surface area is 129 Å². The Morgan fingerprint density at radius 1 is 1.40 bits per heavy atom. The molecule has 8 heteroatoms. The highest BCUT2D eigenvalue weighted by molar-refractivity contribution is 9.10. The number of H-pyrrole nitrogens is 1. The second kappa shape index (κ2) is 7.51. The van der Waals surface area contributed by atoms with Crippen LogP contribution in [-0.4, -0.2) is 29.4 Å². The monoisotopic (exact) mass is 372 g/mol. The summed E-state index contributed by atoms with van der Waals surface area (Å²) >= 11 is 8.49. The van der Waals surface area contributed by atoms with E-state index in [1.54, 1.807) is 0 Å². The van der Waals surface area contributed by atoms with Gasteiger partial charge in [-0.25, -0.2) is 4.98 Å². The molecule has 114 valence electrons. The van der Waals surface area contributed by atoms with E-state index >= 15 is 0 Å². The van der Waals surface area contributed by atoms with Crippen molar-refractivity contribution in [1.82, 2.24) is 9.97 Å². The number of aromatic nitrogens is 2. The Balaban J connectivity index is 2.67. The highest BCUT2D eigenvalue weighted by atomic mass is 79.9. The first-order valence-corrected chi connectivity index (χ1v) is 7.31. The van der Waals surface area contributed by atoms with Crippen molar-refractivity contribution >= 4 is 28.1 Å². The first kappa shape index (κ1) is 17.6. The lowest BCUT2D eigenvalue weighted by molar-refractivity contribution is -0.173. The summed E-state index contributed by atoms with van der Waals surface area (Å²) in [6.45, 7) is 2.83. The predicted octanol–water partition coefficient (Wildman–Crippen LogP) is 4.22. The van der Waals surface area contributed by atoms with Crippen LogP contribution in [0.1, 0.15) is 25.4 Å². The van der Waals surface area contributed by atoms with Crippen molar-refractivity contribution in [2.45, 2.75) is 32.9 Å². The van der Waals surface area contributed by atoms with E-state index in [2.05, 4.69) is 44.5 Å². The topological polar surface area (TPSA) is 37.9 Å². The maximum atomic E-state index is 11.9. The summed E-state index contributed by atoms with van der Waals surface area (Å²) in [6.07, 6.45) is -3.26. The van der Waals surface area contributed by atoms with Gasteiger partial charge in [-0.2, -0.15) is 13.2 Å². The highest BCUT2D eigenvalue weighted by Crippen LogP contribution is 2.19. The van der Waals surface area contributed by atoms with Gasteiger partial charge in [-0.15, -0.1) is 0 Å². The molecule has 0 saturated heterocycles. The minimum atomic E-state index is -4.30. The van der Waals surface area contributed by atoms with Crippen LogP contribution in [-0.2, 0) is 17.6 Å². The zero-order chi connectivity index (χ0) is 15.3. The van der Waals surface area contributed by atoms with Gasteiger partial charge < -0.3 is 9.72 Å². The smallest absolute Gasteiger partial charge is 0.372 e. The maximum absolute atomic E-state index is 11.9. The molecule has 0 atom stereocenters. The number of nitrogens with zero attached hydrogens (tertiary/aromatic N) is 1. The van der Waals surface area contributed by atoms with Crippen LogP contribution < -0.4 is 0 Å². The fourth-order valence-corrected chi connectivity index (χ4v) is 2.16. The van der Waals surface area contributed by atoms with Gasteiger partial charge in [0.2, 0.25) is 0 Å². The number of aromatic amines is 1. The van der Waals surface area contributed by atoms with Crippen molar-refractivity contribution in [3.05, 3.63) is 20.6 Å². The molecule has 1 rings (SSSR count). The van der Waals surface area contributed by atoms with E-state index in [-0.39, 0.29) is 13.0 Å². The SMILES string of the molecule is CC(C)Cc1[nH]c(CCOCC(F)(F)F)nc(=S)c1Br. The van der Waals surface area contributed by atoms with E-state index in [9.17, 15) is 13.2 Å². The average Bonchev–Trinajstić information content (AvgIpc) is 2.29. The molecule has 1 heterocycles. The van der Waals surface area contributed by atoms with Gasteiger partial charge in [-0.05, 0) is 28.3 Å². The third-order valence-electron chi connectivity index (χ3n) is 2.35. The van der Waals surface area contributed by atoms with E-state index in [1.807, 2.05) is 0 Å². The number of hydrogen-bond acceptors (Lipinski definition) is 3. The number of rotatable bonds is 6. The van der Waals surface area contributed by atoms with Gasteiger partial charge in [0.25, 0.3) is 0 Å². The maximum Gasteiger partial charge on any atom is 0.411 e.